The lowest BCUT2D eigenvalue weighted by Gasteiger charge is -2.35. The maximum absolute atomic E-state index is 13.5. The number of piperazine rings is 1. The molecule has 2 aromatic rings. The first-order valence-corrected chi connectivity index (χ1v) is 13.0. The third-order valence-electron chi connectivity index (χ3n) is 6.37. The Morgan fingerprint density at radius 2 is 1.75 bits per heavy atom. The van der Waals surface area contributed by atoms with Crippen LogP contribution in [0.3, 0.4) is 0 Å². The van der Waals surface area contributed by atoms with E-state index in [2.05, 4.69) is 16.9 Å². The number of carbonyl (C=O) groups excluding carboxylic acids is 1. The zero-order valence-corrected chi connectivity index (χ0v) is 20.1. The van der Waals surface area contributed by atoms with Crippen molar-refractivity contribution in [3.05, 3.63) is 41.0 Å². The van der Waals surface area contributed by atoms with E-state index >= 15 is 0 Å². The number of likely N-dealkylation sites (tertiary alicyclic amines) is 1. The Labute approximate surface area is 194 Å². The number of aryl methyl sites for hydroxylation is 1. The standard InChI is InChI=1S/C22H30ClN5O3S/c1-3-27-16-18(22(29)26-10-8-17(2)9-11-26)21(24-27)32(30,31)28-14-12-25(13-15-28)20-7-5-4-6-19(20)23/h4-7,16-17H,3,8-15H2,1-2H3. The number of para-hydroxylation sites is 1. The van der Waals surface area contributed by atoms with Crippen LogP contribution in [-0.2, 0) is 16.6 Å². The molecule has 0 radical (unpaired) electrons. The summed E-state index contributed by atoms with van der Waals surface area (Å²) in [5.41, 5.74) is 1.08. The quantitative estimate of drug-likeness (QED) is 0.658. The molecule has 2 saturated heterocycles. The fraction of sp³-hybridized carbons (Fsp3) is 0.545. The van der Waals surface area contributed by atoms with E-state index in [4.69, 9.17) is 11.6 Å². The molecule has 10 heteroatoms. The molecule has 2 aliphatic heterocycles. The van der Waals surface area contributed by atoms with Gasteiger partial charge in [-0.3, -0.25) is 9.48 Å². The molecule has 0 N–H and O–H groups in total. The Balaban J connectivity index is 1.54. The van der Waals surface area contributed by atoms with Crippen LogP contribution in [0.2, 0.25) is 5.02 Å². The van der Waals surface area contributed by atoms with Gasteiger partial charge in [-0.1, -0.05) is 30.7 Å². The monoisotopic (exact) mass is 479 g/mol. The van der Waals surface area contributed by atoms with Crippen molar-refractivity contribution in [1.82, 2.24) is 19.0 Å². The van der Waals surface area contributed by atoms with Crippen LogP contribution in [0.1, 0.15) is 37.0 Å². The third-order valence-corrected chi connectivity index (χ3v) is 8.52. The lowest BCUT2D eigenvalue weighted by molar-refractivity contribution is 0.0693. The number of carbonyl (C=O) groups is 1. The van der Waals surface area contributed by atoms with Crippen molar-refractivity contribution in [2.75, 3.05) is 44.2 Å². The fourth-order valence-electron chi connectivity index (χ4n) is 4.28. The summed E-state index contributed by atoms with van der Waals surface area (Å²) in [6, 6.07) is 7.56. The molecule has 0 aliphatic carbocycles. The van der Waals surface area contributed by atoms with Crippen LogP contribution in [-0.4, -0.2) is 72.6 Å². The van der Waals surface area contributed by atoms with E-state index in [1.807, 2.05) is 31.2 Å². The molecule has 2 aliphatic rings. The fourth-order valence-corrected chi connectivity index (χ4v) is 6.05. The predicted octanol–water partition coefficient (Wildman–Crippen LogP) is 2.94. The number of halogens is 1. The average molecular weight is 480 g/mol. The Hall–Kier alpha value is -2.10. The van der Waals surface area contributed by atoms with Gasteiger partial charge in [-0.05, 0) is 37.8 Å². The minimum absolute atomic E-state index is 0.130. The SMILES string of the molecule is CCn1cc(C(=O)N2CCC(C)CC2)c(S(=O)(=O)N2CCN(c3ccccc3Cl)CC2)n1. The average Bonchev–Trinajstić information content (AvgIpc) is 3.25. The number of nitrogens with zero attached hydrogens (tertiary/aromatic N) is 5. The van der Waals surface area contributed by atoms with Crippen LogP contribution in [0.5, 0.6) is 0 Å². The van der Waals surface area contributed by atoms with Gasteiger partial charge in [-0.2, -0.15) is 9.40 Å². The Morgan fingerprint density at radius 3 is 2.38 bits per heavy atom. The number of rotatable bonds is 5. The molecule has 2 fully saturated rings. The first-order valence-electron chi connectivity index (χ1n) is 11.2. The second-order valence-corrected chi connectivity index (χ2v) is 10.8. The van der Waals surface area contributed by atoms with Gasteiger partial charge < -0.3 is 9.80 Å². The van der Waals surface area contributed by atoms with Crippen LogP contribution in [0, 0.1) is 5.92 Å². The molecule has 8 nitrogen and oxygen atoms in total. The molecule has 0 saturated carbocycles. The van der Waals surface area contributed by atoms with Crippen molar-refractivity contribution in [3.63, 3.8) is 0 Å². The summed E-state index contributed by atoms with van der Waals surface area (Å²) in [4.78, 5) is 17.1. The lowest BCUT2D eigenvalue weighted by atomic mass is 9.99. The van der Waals surface area contributed by atoms with Gasteiger partial charge >= 0.3 is 0 Å². The summed E-state index contributed by atoms with van der Waals surface area (Å²) >= 11 is 6.31. The van der Waals surface area contributed by atoms with Crippen LogP contribution in [0.15, 0.2) is 35.5 Å². The van der Waals surface area contributed by atoms with Gasteiger partial charge in [0.05, 0.1) is 16.3 Å². The summed E-state index contributed by atoms with van der Waals surface area (Å²) < 4.78 is 30.0. The van der Waals surface area contributed by atoms with E-state index in [1.165, 1.54) is 8.99 Å². The number of aromatic nitrogens is 2. The molecular formula is C22H30ClN5O3S. The highest BCUT2D eigenvalue weighted by Crippen LogP contribution is 2.28. The highest BCUT2D eigenvalue weighted by molar-refractivity contribution is 7.89. The van der Waals surface area contributed by atoms with Gasteiger partial charge in [0.2, 0.25) is 5.03 Å². The number of hydrogen-bond acceptors (Lipinski definition) is 5. The summed E-state index contributed by atoms with van der Waals surface area (Å²) in [7, 11) is -3.90. The van der Waals surface area contributed by atoms with Crippen LogP contribution in [0.25, 0.3) is 0 Å². The number of hydrogen-bond donors (Lipinski definition) is 0. The van der Waals surface area contributed by atoms with E-state index in [-0.39, 0.29) is 16.5 Å². The molecule has 4 rings (SSSR count). The topological polar surface area (TPSA) is 78.8 Å². The molecule has 32 heavy (non-hydrogen) atoms. The summed E-state index contributed by atoms with van der Waals surface area (Å²) in [5, 5.41) is 4.82. The Kier molecular flexibility index (Phi) is 6.78. The zero-order chi connectivity index (χ0) is 22.9. The van der Waals surface area contributed by atoms with Crippen LogP contribution in [0.4, 0.5) is 5.69 Å². The summed E-state index contributed by atoms with van der Waals surface area (Å²) in [6.07, 6.45) is 3.44. The molecule has 1 aromatic heterocycles. The van der Waals surface area contributed by atoms with E-state index < -0.39 is 10.0 Å². The second kappa shape index (κ2) is 9.41. The van der Waals surface area contributed by atoms with E-state index in [0.29, 0.717) is 56.8 Å². The zero-order valence-electron chi connectivity index (χ0n) is 18.6. The predicted molar refractivity (Wildman–Crippen MR) is 125 cm³/mol. The molecule has 1 aromatic carbocycles. The lowest BCUT2D eigenvalue weighted by Crippen LogP contribution is -2.49. The summed E-state index contributed by atoms with van der Waals surface area (Å²) in [6.45, 7) is 7.49. The minimum Gasteiger partial charge on any atom is -0.368 e. The largest absolute Gasteiger partial charge is 0.368 e. The second-order valence-electron chi connectivity index (χ2n) is 8.52. The smallest absolute Gasteiger partial charge is 0.263 e. The molecule has 174 valence electrons. The molecule has 0 unspecified atom stereocenters. The number of amides is 1. The van der Waals surface area contributed by atoms with Gasteiger partial charge in [0, 0.05) is 52.0 Å². The van der Waals surface area contributed by atoms with Gasteiger partial charge in [-0.25, -0.2) is 8.42 Å². The van der Waals surface area contributed by atoms with Crippen LogP contribution < -0.4 is 4.90 Å². The molecule has 0 bridgehead atoms. The molecular weight excluding hydrogens is 450 g/mol. The molecule has 0 spiro atoms. The van der Waals surface area contributed by atoms with Gasteiger partial charge in [0.15, 0.2) is 0 Å². The Morgan fingerprint density at radius 1 is 1.09 bits per heavy atom. The van der Waals surface area contributed by atoms with Crippen LogP contribution >= 0.6 is 11.6 Å². The van der Waals surface area contributed by atoms with Crippen molar-refractivity contribution in [2.24, 2.45) is 5.92 Å². The normalized spacial score (nSPS) is 18.8. The van der Waals surface area contributed by atoms with Crippen molar-refractivity contribution < 1.29 is 13.2 Å². The highest BCUT2D eigenvalue weighted by atomic mass is 35.5. The minimum atomic E-state index is -3.90. The first-order chi connectivity index (χ1) is 15.3. The third kappa shape index (κ3) is 4.51. The maximum Gasteiger partial charge on any atom is 0.263 e. The van der Waals surface area contributed by atoms with E-state index in [1.54, 1.807) is 11.1 Å². The first kappa shape index (κ1) is 23.1. The summed E-state index contributed by atoms with van der Waals surface area (Å²) in [5.74, 6) is 0.333. The highest BCUT2D eigenvalue weighted by Gasteiger charge is 2.36. The van der Waals surface area contributed by atoms with Crippen molar-refractivity contribution in [3.8, 4) is 0 Å². The molecule has 0 atom stereocenters. The van der Waals surface area contributed by atoms with E-state index in [9.17, 15) is 13.2 Å². The van der Waals surface area contributed by atoms with Gasteiger partial charge in [0.25, 0.3) is 15.9 Å². The molecule has 3 heterocycles. The molecule has 1 amide bonds. The number of piperidine rings is 1. The van der Waals surface area contributed by atoms with E-state index in [0.717, 1.165) is 18.5 Å². The Bertz CT molecular complexity index is 1070. The van der Waals surface area contributed by atoms with Gasteiger partial charge in [0.1, 0.15) is 0 Å². The number of sulfonamides is 1. The number of anilines is 1. The number of benzene rings is 1. The van der Waals surface area contributed by atoms with Crippen molar-refractivity contribution >= 4 is 33.2 Å². The maximum atomic E-state index is 13.5. The van der Waals surface area contributed by atoms with Crippen molar-refractivity contribution in [1.29, 1.82) is 0 Å². The van der Waals surface area contributed by atoms with Crippen molar-refractivity contribution in [2.45, 2.75) is 38.3 Å². The van der Waals surface area contributed by atoms with Gasteiger partial charge in [-0.15, -0.1) is 0 Å².